The van der Waals surface area contributed by atoms with Gasteiger partial charge in [-0.2, -0.15) is 0 Å². The first-order valence-electron chi connectivity index (χ1n) is 8.52. The third-order valence-corrected chi connectivity index (χ3v) is 5.42. The average molecular weight is 410 g/mol. The van der Waals surface area contributed by atoms with Crippen molar-refractivity contribution in [2.45, 2.75) is 4.90 Å². The Balaban J connectivity index is 1.56. The summed E-state index contributed by atoms with van der Waals surface area (Å²) in [6, 6.07) is 12.2. The van der Waals surface area contributed by atoms with Gasteiger partial charge in [-0.1, -0.05) is 12.1 Å². The van der Waals surface area contributed by atoms with Gasteiger partial charge in [0.25, 0.3) is 5.91 Å². The Morgan fingerprint density at radius 1 is 1.07 bits per heavy atom. The molecular weight excluding hydrogens is 395 g/mol. The van der Waals surface area contributed by atoms with Gasteiger partial charge >= 0.3 is 0 Å². The summed E-state index contributed by atoms with van der Waals surface area (Å²) in [6.45, 7) is 0. The SMILES string of the molecule is CS(=O)(=O)c1ccc2c(ccn2NC(=O)c2cnc(-c3cccc(F)c3)nc2)c1. The number of carbonyl (C=O) groups excluding carboxylic acids is 1. The molecule has 0 radical (unpaired) electrons. The number of nitrogens with one attached hydrogen (secondary N) is 1. The molecule has 7 nitrogen and oxygen atoms in total. The van der Waals surface area contributed by atoms with Gasteiger partial charge in [0.15, 0.2) is 15.7 Å². The zero-order valence-corrected chi connectivity index (χ0v) is 16.0. The lowest BCUT2D eigenvalue weighted by Gasteiger charge is -2.08. The molecule has 2 aromatic carbocycles. The summed E-state index contributed by atoms with van der Waals surface area (Å²) in [5.74, 6) is -0.535. The van der Waals surface area contributed by atoms with Crippen LogP contribution in [0.5, 0.6) is 0 Å². The molecule has 0 aliphatic rings. The van der Waals surface area contributed by atoms with Gasteiger partial charge in [0.05, 0.1) is 16.0 Å². The molecule has 0 saturated carbocycles. The molecule has 4 aromatic rings. The Hall–Kier alpha value is -3.59. The molecule has 2 aromatic heterocycles. The molecule has 1 amide bonds. The summed E-state index contributed by atoms with van der Waals surface area (Å²) in [4.78, 5) is 21.0. The number of hydrogen-bond donors (Lipinski definition) is 1. The molecule has 9 heteroatoms. The Labute approximate surface area is 165 Å². The standard InChI is InChI=1S/C20H15FN4O3S/c1-29(27,28)17-5-6-18-13(10-17)7-8-25(18)24-20(26)15-11-22-19(23-12-15)14-3-2-4-16(21)9-14/h2-12H,1H3,(H,24,26). The van der Waals surface area contributed by atoms with Crippen LogP contribution < -0.4 is 5.43 Å². The van der Waals surface area contributed by atoms with Crippen molar-refractivity contribution in [1.29, 1.82) is 0 Å². The highest BCUT2D eigenvalue weighted by Crippen LogP contribution is 2.20. The zero-order chi connectivity index (χ0) is 20.6. The molecule has 1 N–H and O–H groups in total. The van der Waals surface area contributed by atoms with Gasteiger partial charge in [-0.15, -0.1) is 0 Å². The largest absolute Gasteiger partial charge is 0.273 e. The van der Waals surface area contributed by atoms with Crippen molar-refractivity contribution in [3.05, 3.63) is 78.5 Å². The Bertz CT molecular complexity index is 1330. The van der Waals surface area contributed by atoms with E-state index in [1.807, 2.05) is 0 Å². The molecule has 0 spiro atoms. The normalized spacial score (nSPS) is 11.5. The Morgan fingerprint density at radius 2 is 1.83 bits per heavy atom. The van der Waals surface area contributed by atoms with Crippen LogP contribution in [0.2, 0.25) is 0 Å². The number of rotatable bonds is 4. The van der Waals surface area contributed by atoms with E-state index in [1.54, 1.807) is 36.5 Å². The molecule has 0 atom stereocenters. The lowest BCUT2D eigenvalue weighted by molar-refractivity contribution is 0.101. The summed E-state index contributed by atoms with van der Waals surface area (Å²) in [6.07, 6.45) is 5.48. The maximum atomic E-state index is 13.3. The van der Waals surface area contributed by atoms with E-state index < -0.39 is 21.6 Å². The van der Waals surface area contributed by atoms with E-state index in [4.69, 9.17) is 0 Å². The van der Waals surface area contributed by atoms with Crippen LogP contribution in [0.25, 0.3) is 22.3 Å². The fraction of sp³-hybridized carbons (Fsp3) is 0.0500. The predicted molar refractivity (Wildman–Crippen MR) is 106 cm³/mol. The summed E-state index contributed by atoms with van der Waals surface area (Å²) in [5, 5.41) is 0.672. The number of fused-ring (bicyclic) bond motifs is 1. The van der Waals surface area contributed by atoms with E-state index in [9.17, 15) is 17.6 Å². The molecule has 146 valence electrons. The molecule has 4 rings (SSSR count). The highest BCUT2D eigenvalue weighted by molar-refractivity contribution is 7.90. The van der Waals surface area contributed by atoms with Crippen molar-refractivity contribution in [2.75, 3.05) is 11.7 Å². The van der Waals surface area contributed by atoms with Crippen molar-refractivity contribution in [2.24, 2.45) is 0 Å². The van der Waals surface area contributed by atoms with Crippen LogP contribution in [0, 0.1) is 5.82 Å². The zero-order valence-electron chi connectivity index (χ0n) is 15.2. The average Bonchev–Trinajstić information content (AvgIpc) is 3.09. The minimum absolute atomic E-state index is 0.204. The fourth-order valence-corrected chi connectivity index (χ4v) is 3.50. The van der Waals surface area contributed by atoms with E-state index in [1.165, 1.54) is 35.3 Å². The van der Waals surface area contributed by atoms with E-state index in [0.717, 1.165) is 6.26 Å². The van der Waals surface area contributed by atoms with Crippen molar-refractivity contribution < 1.29 is 17.6 Å². The topological polar surface area (TPSA) is 94.0 Å². The lowest BCUT2D eigenvalue weighted by atomic mass is 10.2. The number of halogens is 1. The smallest absolute Gasteiger partial charge is 0.267 e. The van der Waals surface area contributed by atoms with Crippen molar-refractivity contribution in [3.63, 3.8) is 0 Å². The Morgan fingerprint density at radius 3 is 2.52 bits per heavy atom. The number of carbonyl (C=O) groups is 1. The molecule has 0 fully saturated rings. The van der Waals surface area contributed by atoms with Crippen LogP contribution in [0.15, 0.2) is 72.0 Å². The molecular formula is C20H15FN4O3S. The van der Waals surface area contributed by atoms with E-state index in [0.29, 0.717) is 22.3 Å². The van der Waals surface area contributed by atoms with Crippen molar-refractivity contribution in [1.82, 2.24) is 14.6 Å². The number of aromatic nitrogens is 3. The number of nitrogens with zero attached hydrogens (tertiary/aromatic N) is 3. The Kier molecular flexibility index (Phi) is 4.59. The number of sulfone groups is 1. The minimum atomic E-state index is -3.32. The van der Waals surface area contributed by atoms with Crippen LogP contribution in [0.3, 0.4) is 0 Å². The third-order valence-electron chi connectivity index (χ3n) is 4.31. The van der Waals surface area contributed by atoms with Crippen LogP contribution in [0.1, 0.15) is 10.4 Å². The number of benzene rings is 2. The second-order valence-corrected chi connectivity index (χ2v) is 8.44. The molecule has 0 unspecified atom stereocenters. The van der Waals surface area contributed by atoms with Gasteiger partial charge < -0.3 is 0 Å². The first-order valence-corrected chi connectivity index (χ1v) is 10.4. The predicted octanol–water partition coefficient (Wildman–Crippen LogP) is 3.02. The minimum Gasteiger partial charge on any atom is -0.267 e. The van der Waals surface area contributed by atoms with Gasteiger partial charge in [-0.25, -0.2) is 22.8 Å². The molecule has 0 aliphatic heterocycles. The van der Waals surface area contributed by atoms with Crippen LogP contribution >= 0.6 is 0 Å². The fourth-order valence-electron chi connectivity index (χ4n) is 2.84. The van der Waals surface area contributed by atoms with Crippen molar-refractivity contribution in [3.8, 4) is 11.4 Å². The first-order chi connectivity index (χ1) is 13.8. The second kappa shape index (κ2) is 7.10. The molecule has 2 heterocycles. The van der Waals surface area contributed by atoms with Gasteiger partial charge in [0, 0.05) is 35.8 Å². The molecule has 0 aliphatic carbocycles. The van der Waals surface area contributed by atoms with Crippen LogP contribution in [0.4, 0.5) is 4.39 Å². The summed E-state index contributed by atoms with van der Waals surface area (Å²) in [5.41, 5.74) is 4.07. The monoisotopic (exact) mass is 410 g/mol. The van der Waals surface area contributed by atoms with Gasteiger partial charge in [0.2, 0.25) is 0 Å². The van der Waals surface area contributed by atoms with Crippen LogP contribution in [-0.2, 0) is 9.84 Å². The van der Waals surface area contributed by atoms with E-state index >= 15 is 0 Å². The third kappa shape index (κ3) is 3.85. The van der Waals surface area contributed by atoms with Gasteiger partial charge in [0.1, 0.15) is 5.82 Å². The highest BCUT2D eigenvalue weighted by Gasteiger charge is 2.13. The summed E-state index contributed by atoms with van der Waals surface area (Å²) in [7, 11) is -3.32. The quantitative estimate of drug-likeness (QED) is 0.558. The van der Waals surface area contributed by atoms with E-state index in [2.05, 4.69) is 15.4 Å². The maximum Gasteiger partial charge on any atom is 0.273 e. The second-order valence-electron chi connectivity index (χ2n) is 6.43. The molecule has 0 saturated heterocycles. The number of hydrogen-bond acceptors (Lipinski definition) is 5. The summed E-state index contributed by atoms with van der Waals surface area (Å²) >= 11 is 0. The maximum absolute atomic E-state index is 13.3. The molecule has 29 heavy (non-hydrogen) atoms. The first kappa shape index (κ1) is 18.8. The highest BCUT2D eigenvalue weighted by atomic mass is 32.2. The molecule has 0 bridgehead atoms. The van der Waals surface area contributed by atoms with Crippen LogP contribution in [-0.4, -0.2) is 35.2 Å². The number of amides is 1. The van der Waals surface area contributed by atoms with E-state index in [-0.39, 0.29) is 10.5 Å². The summed E-state index contributed by atoms with van der Waals surface area (Å²) < 4.78 is 38.2. The van der Waals surface area contributed by atoms with Gasteiger partial charge in [-0.3, -0.25) is 14.9 Å². The van der Waals surface area contributed by atoms with Gasteiger partial charge in [-0.05, 0) is 36.4 Å². The lowest BCUT2D eigenvalue weighted by Crippen LogP contribution is -2.22. The van der Waals surface area contributed by atoms with Crippen molar-refractivity contribution >= 4 is 26.6 Å².